The van der Waals surface area contributed by atoms with E-state index in [0.29, 0.717) is 22.6 Å². The highest BCUT2D eigenvalue weighted by atomic mass is 32.2. The van der Waals surface area contributed by atoms with Gasteiger partial charge in [0.1, 0.15) is 5.82 Å². The third-order valence-corrected chi connectivity index (χ3v) is 6.47. The van der Waals surface area contributed by atoms with Crippen molar-refractivity contribution in [3.63, 3.8) is 0 Å². The van der Waals surface area contributed by atoms with E-state index >= 15 is 0 Å². The van der Waals surface area contributed by atoms with E-state index in [0.717, 1.165) is 39.0 Å². The fourth-order valence-electron chi connectivity index (χ4n) is 3.44. The van der Waals surface area contributed by atoms with Crippen LogP contribution in [-0.4, -0.2) is 34.8 Å². The molecule has 0 aliphatic heterocycles. The van der Waals surface area contributed by atoms with Crippen LogP contribution in [0.25, 0.3) is 22.2 Å². The number of benzene rings is 2. The quantitative estimate of drug-likeness (QED) is 0.377. The first-order valence-electron chi connectivity index (χ1n) is 9.73. The van der Waals surface area contributed by atoms with Crippen molar-refractivity contribution in [1.29, 1.82) is 0 Å². The second-order valence-electron chi connectivity index (χ2n) is 7.57. The highest BCUT2D eigenvalue weighted by molar-refractivity contribution is 7.99. The van der Waals surface area contributed by atoms with Gasteiger partial charge in [-0.1, -0.05) is 12.1 Å². The molecule has 8 nitrogen and oxygen atoms in total. The zero-order chi connectivity index (χ0) is 21.6. The minimum absolute atomic E-state index is 0.398. The Kier molecular flexibility index (Phi) is 4.82. The number of nitrogens with one attached hydrogen (secondary N) is 2. The van der Waals surface area contributed by atoms with Crippen molar-refractivity contribution in [3.8, 4) is 11.3 Å². The molecule has 0 atom stereocenters. The molecule has 1 aliphatic rings. The third-order valence-electron chi connectivity index (χ3n) is 4.99. The minimum Gasteiger partial charge on any atom is -0.383 e. The number of nitrogen functional groups attached to an aromatic ring is 1. The van der Waals surface area contributed by atoms with Crippen LogP contribution < -0.4 is 10.5 Å². The van der Waals surface area contributed by atoms with E-state index in [1.54, 1.807) is 12.1 Å². The maximum absolute atomic E-state index is 11.3. The number of anilines is 2. The average molecular weight is 453 g/mol. The van der Waals surface area contributed by atoms with Crippen LogP contribution in [0.15, 0.2) is 58.6 Å². The van der Waals surface area contributed by atoms with Crippen molar-refractivity contribution in [3.05, 3.63) is 54.2 Å². The van der Waals surface area contributed by atoms with Gasteiger partial charge in [0.2, 0.25) is 10.0 Å². The van der Waals surface area contributed by atoms with Crippen LogP contribution in [0.2, 0.25) is 0 Å². The van der Waals surface area contributed by atoms with Gasteiger partial charge in [-0.2, -0.15) is 5.10 Å². The van der Waals surface area contributed by atoms with E-state index in [2.05, 4.69) is 31.0 Å². The zero-order valence-corrected chi connectivity index (χ0v) is 18.3. The molecule has 0 radical (unpaired) electrons. The number of nitrogens with two attached hydrogens (primary N) is 1. The Hall–Kier alpha value is -3.11. The summed E-state index contributed by atoms with van der Waals surface area (Å²) >= 11 is 1.36. The molecule has 0 unspecified atom stereocenters. The molecule has 5 rings (SSSR count). The summed E-state index contributed by atoms with van der Waals surface area (Å²) < 4.78 is 25.1. The maximum atomic E-state index is 11.3. The summed E-state index contributed by atoms with van der Waals surface area (Å²) in [5.74, 6) is 0.987. The van der Waals surface area contributed by atoms with E-state index in [1.807, 2.05) is 30.3 Å². The van der Waals surface area contributed by atoms with Crippen LogP contribution in [-0.2, 0) is 10.0 Å². The van der Waals surface area contributed by atoms with Crippen LogP contribution in [0.4, 0.5) is 11.5 Å². The first-order chi connectivity index (χ1) is 14.9. The van der Waals surface area contributed by atoms with Gasteiger partial charge in [-0.05, 0) is 61.0 Å². The Morgan fingerprint density at radius 1 is 1.13 bits per heavy atom. The third kappa shape index (κ3) is 4.35. The van der Waals surface area contributed by atoms with Crippen molar-refractivity contribution < 1.29 is 8.42 Å². The van der Waals surface area contributed by atoms with Crippen LogP contribution >= 0.6 is 11.8 Å². The molecule has 2 heterocycles. The molecule has 1 aliphatic carbocycles. The predicted octanol–water partition coefficient (Wildman–Crippen LogP) is 4.00. The predicted molar refractivity (Wildman–Crippen MR) is 123 cm³/mol. The molecule has 0 saturated heterocycles. The van der Waals surface area contributed by atoms with Gasteiger partial charge in [-0.3, -0.25) is 9.82 Å². The lowest BCUT2D eigenvalue weighted by Gasteiger charge is -2.09. The van der Waals surface area contributed by atoms with Gasteiger partial charge < -0.3 is 5.73 Å². The molecule has 0 amide bonds. The smallest absolute Gasteiger partial charge is 0.229 e. The first kappa shape index (κ1) is 19.8. The fraction of sp³-hybridized carbons (Fsp3) is 0.190. The fourth-order valence-corrected chi connectivity index (χ4v) is 4.77. The summed E-state index contributed by atoms with van der Waals surface area (Å²) in [5.41, 5.74) is 10.5. The van der Waals surface area contributed by atoms with Crippen LogP contribution in [0.3, 0.4) is 0 Å². The molecular formula is C21H20N6O2S2. The van der Waals surface area contributed by atoms with Crippen molar-refractivity contribution >= 4 is 44.2 Å². The summed E-state index contributed by atoms with van der Waals surface area (Å²) in [6, 6.07) is 14.9. The monoisotopic (exact) mass is 452 g/mol. The number of fused-ring (bicyclic) bond motifs is 1. The van der Waals surface area contributed by atoms with E-state index < -0.39 is 10.0 Å². The standard InChI is InChI=1S/C21H20N6O2S2/c1-31(28,29)27-13-7-9-14(10-8-13)30-21-23-16-4-2-3-15(19(16)20(22)24-21)18-11-17(25-26-18)12-5-6-12/h2-4,7-12,27H,5-6H2,1H3,(H,25,26)(H2,22,23,24). The van der Waals surface area contributed by atoms with Crippen molar-refractivity contribution in [1.82, 2.24) is 20.2 Å². The molecule has 10 heteroatoms. The van der Waals surface area contributed by atoms with Crippen LogP contribution in [0, 0.1) is 0 Å². The SMILES string of the molecule is CS(=O)(=O)Nc1ccc(Sc2nc(N)c3c(-c4cc(C5CC5)[nH]n4)cccc3n2)cc1. The summed E-state index contributed by atoms with van der Waals surface area (Å²) in [5, 5.41) is 8.91. The van der Waals surface area contributed by atoms with Gasteiger partial charge in [-0.25, -0.2) is 18.4 Å². The number of aromatic amines is 1. The van der Waals surface area contributed by atoms with E-state index in [9.17, 15) is 8.42 Å². The van der Waals surface area contributed by atoms with Crippen LogP contribution in [0.1, 0.15) is 24.5 Å². The number of nitrogens with zero attached hydrogens (tertiary/aromatic N) is 3. The molecule has 4 N–H and O–H groups in total. The van der Waals surface area contributed by atoms with Gasteiger partial charge in [0, 0.05) is 27.8 Å². The topological polar surface area (TPSA) is 127 Å². The van der Waals surface area contributed by atoms with Gasteiger partial charge in [0.15, 0.2) is 5.16 Å². The average Bonchev–Trinajstić information content (AvgIpc) is 3.45. The zero-order valence-electron chi connectivity index (χ0n) is 16.7. The number of rotatable bonds is 6. The van der Waals surface area contributed by atoms with E-state index in [-0.39, 0.29) is 0 Å². The molecule has 0 bridgehead atoms. The Balaban J connectivity index is 1.44. The van der Waals surface area contributed by atoms with Crippen molar-refractivity contribution in [2.75, 3.05) is 16.7 Å². The Morgan fingerprint density at radius 2 is 1.90 bits per heavy atom. The largest absolute Gasteiger partial charge is 0.383 e. The van der Waals surface area contributed by atoms with Gasteiger partial charge in [0.25, 0.3) is 0 Å². The van der Waals surface area contributed by atoms with Crippen LogP contribution in [0.5, 0.6) is 0 Å². The highest BCUT2D eigenvalue weighted by Gasteiger charge is 2.26. The van der Waals surface area contributed by atoms with Gasteiger partial charge in [-0.15, -0.1) is 0 Å². The molecule has 2 aromatic heterocycles. The number of hydrogen-bond donors (Lipinski definition) is 3. The van der Waals surface area contributed by atoms with Crippen molar-refractivity contribution in [2.45, 2.75) is 28.8 Å². The highest BCUT2D eigenvalue weighted by Crippen LogP contribution is 2.41. The van der Waals surface area contributed by atoms with E-state index in [1.165, 1.54) is 24.6 Å². The Bertz CT molecular complexity index is 1380. The number of H-pyrrole nitrogens is 1. The lowest BCUT2D eigenvalue weighted by molar-refractivity contribution is 0.607. The second-order valence-corrected chi connectivity index (χ2v) is 10.4. The molecule has 0 spiro atoms. The summed E-state index contributed by atoms with van der Waals surface area (Å²) in [6.07, 6.45) is 3.52. The lowest BCUT2D eigenvalue weighted by Crippen LogP contribution is -2.09. The second kappa shape index (κ2) is 7.54. The molecule has 158 valence electrons. The maximum Gasteiger partial charge on any atom is 0.229 e. The van der Waals surface area contributed by atoms with Gasteiger partial charge >= 0.3 is 0 Å². The van der Waals surface area contributed by atoms with Gasteiger partial charge in [0.05, 0.1) is 22.9 Å². The lowest BCUT2D eigenvalue weighted by atomic mass is 10.1. The molecule has 31 heavy (non-hydrogen) atoms. The Morgan fingerprint density at radius 3 is 2.61 bits per heavy atom. The Labute approximate surface area is 183 Å². The molecule has 2 aromatic carbocycles. The summed E-state index contributed by atoms with van der Waals surface area (Å²) in [7, 11) is -3.31. The first-order valence-corrected chi connectivity index (χ1v) is 12.4. The molecule has 4 aromatic rings. The number of sulfonamides is 1. The molecule has 1 fully saturated rings. The minimum atomic E-state index is -3.31. The number of aromatic nitrogens is 4. The summed E-state index contributed by atoms with van der Waals surface area (Å²) in [4.78, 5) is 10.0. The normalized spacial score (nSPS) is 14.1. The van der Waals surface area contributed by atoms with E-state index in [4.69, 9.17) is 5.73 Å². The molecular weight excluding hydrogens is 432 g/mol. The number of hydrogen-bond acceptors (Lipinski definition) is 7. The summed E-state index contributed by atoms with van der Waals surface area (Å²) in [6.45, 7) is 0. The molecule has 1 saturated carbocycles. The van der Waals surface area contributed by atoms with Crippen molar-refractivity contribution in [2.24, 2.45) is 0 Å².